The molecule has 1 atom stereocenters. The molecule has 0 aromatic carbocycles. The quantitative estimate of drug-likeness (QED) is 0.601. The molecule has 1 unspecified atom stereocenters. The lowest BCUT2D eigenvalue weighted by molar-refractivity contribution is -0.141. The van der Waals surface area contributed by atoms with E-state index in [0.29, 0.717) is 25.7 Å². The fourth-order valence-corrected chi connectivity index (χ4v) is 1.53. The third kappa shape index (κ3) is 8.42. The number of ketones is 1. The van der Waals surface area contributed by atoms with E-state index in [4.69, 9.17) is 5.11 Å². The SMILES string of the molecule is CCC(=O)CCCCCC(NC(C)=O)C(=O)O. The normalized spacial score (nSPS) is 11.9. The highest BCUT2D eigenvalue weighted by atomic mass is 16.4. The summed E-state index contributed by atoms with van der Waals surface area (Å²) in [6.07, 6.45) is 3.84. The molecule has 0 aromatic rings. The van der Waals surface area contributed by atoms with Crippen molar-refractivity contribution in [3.63, 3.8) is 0 Å². The first-order valence-electron chi connectivity index (χ1n) is 5.99. The number of carboxylic acids is 1. The molecule has 0 rings (SSSR count). The fraction of sp³-hybridized carbons (Fsp3) is 0.750. The van der Waals surface area contributed by atoms with Gasteiger partial charge in [-0.25, -0.2) is 4.79 Å². The second-order valence-corrected chi connectivity index (χ2v) is 4.08. The third-order valence-corrected chi connectivity index (χ3v) is 2.52. The van der Waals surface area contributed by atoms with Crippen LogP contribution in [0.3, 0.4) is 0 Å². The summed E-state index contributed by atoms with van der Waals surface area (Å²) in [5.74, 6) is -1.11. The minimum absolute atomic E-state index is 0.238. The van der Waals surface area contributed by atoms with Gasteiger partial charge >= 0.3 is 5.97 Å². The summed E-state index contributed by atoms with van der Waals surface area (Å²) in [6, 6.07) is -0.811. The Morgan fingerprint density at radius 2 is 1.82 bits per heavy atom. The van der Waals surface area contributed by atoms with Crippen molar-refractivity contribution >= 4 is 17.7 Å². The maximum absolute atomic E-state index is 11.0. The van der Waals surface area contributed by atoms with Crippen molar-refractivity contribution in [1.29, 1.82) is 0 Å². The monoisotopic (exact) mass is 243 g/mol. The number of aliphatic carboxylic acids is 1. The average Bonchev–Trinajstić information content (AvgIpc) is 2.25. The van der Waals surface area contributed by atoms with E-state index in [0.717, 1.165) is 12.8 Å². The molecule has 0 spiro atoms. The molecule has 0 heterocycles. The van der Waals surface area contributed by atoms with E-state index in [1.807, 2.05) is 6.92 Å². The Hall–Kier alpha value is -1.39. The van der Waals surface area contributed by atoms with Gasteiger partial charge in [0, 0.05) is 19.8 Å². The molecule has 0 aliphatic rings. The van der Waals surface area contributed by atoms with Gasteiger partial charge in [0.1, 0.15) is 11.8 Å². The van der Waals surface area contributed by atoms with Gasteiger partial charge in [0.2, 0.25) is 5.91 Å². The van der Waals surface area contributed by atoms with Gasteiger partial charge in [-0.05, 0) is 12.8 Å². The summed E-state index contributed by atoms with van der Waals surface area (Å²) < 4.78 is 0. The number of unbranched alkanes of at least 4 members (excludes halogenated alkanes) is 2. The number of hydrogen-bond donors (Lipinski definition) is 2. The molecule has 0 saturated heterocycles. The van der Waals surface area contributed by atoms with Crippen LogP contribution in [0.5, 0.6) is 0 Å². The van der Waals surface area contributed by atoms with E-state index >= 15 is 0 Å². The van der Waals surface area contributed by atoms with Gasteiger partial charge < -0.3 is 10.4 Å². The van der Waals surface area contributed by atoms with Crippen molar-refractivity contribution in [3.05, 3.63) is 0 Å². The Morgan fingerprint density at radius 3 is 2.29 bits per heavy atom. The summed E-state index contributed by atoms with van der Waals surface area (Å²) in [6.45, 7) is 3.13. The highest BCUT2D eigenvalue weighted by molar-refractivity contribution is 5.82. The molecule has 98 valence electrons. The van der Waals surface area contributed by atoms with Gasteiger partial charge in [0.05, 0.1) is 0 Å². The van der Waals surface area contributed by atoms with Crippen LogP contribution in [0.25, 0.3) is 0 Å². The molecule has 0 aliphatic carbocycles. The van der Waals surface area contributed by atoms with Crippen LogP contribution in [-0.2, 0) is 14.4 Å². The molecule has 5 heteroatoms. The fourth-order valence-electron chi connectivity index (χ4n) is 1.53. The molecule has 17 heavy (non-hydrogen) atoms. The minimum atomic E-state index is -1.01. The van der Waals surface area contributed by atoms with Crippen molar-refractivity contribution in [3.8, 4) is 0 Å². The number of carbonyl (C=O) groups is 3. The third-order valence-electron chi connectivity index (χ3n) is 2.52. The molecule has 0 aliphatic heterocycles. The first-order chi connectivity index (χ1) is 7.97. The van der Waals surface area contributed by atoms with Crippen LogP contribution in [0.2, 0.25) is 0 Å². The van der Waals surface area contributed by atoms with Crippen molar-refractivity contribution in [2.45, 2.75) is 58.4 Å². The molecular weight excluding hydrogens is 222 g/mol. The van der Waals surface area contributed by atoms with Crippen molar-refractivity contribution in [1.82, 2.24) is 5.32 Å². The molecular formula is C12H21NO4. The lowest BCUT2D eigenvalue weighted by atomic mass is 10.1. The van der Waals surface area contributed by atoms with Crippen LogP contribution in [0.15, 0.2) is 0 Å². The van der Waals surface area contributed by atoms with Crippen LogP contribution >= 0.6 is 0 Å². The summed E-state index contributed by atoms with van der Waals surface area (Å²) in [5.41, 5.74) is 0. The molecule has 0 fully saturated rings. The Kier molecular flexibility index (Phi) is 8.01. The van der Waals surface area contributed by atoms with E-state index in [9.17, 15) is 14.4 Å². The van der Waals surface area contributed by atoms with Crippen LogP contribution in [0, 0.1) is 0 Å². The zero-order chi connectivity index (χ0) is 13.3. The van der Waals surface area contributed by atoms with Crippen LogP contribution < -0.4 is 5.32 Å². The average molecular weight is 243 g/mol. The number of amides is 1. The van der Waals surface area contributed by atoms with E-state index in [-0.39, 0.29) is 11.7 Å². The first kappa shape index (κ1) is 15.6. The van der Waals surface area contributed by atoms with Gasteiger partial charge in [0.25, 0.3) is 0 Å². The molecule has 0 radical (unpaired) electrons. The number of rotatable bonds is 9. The molecule has 5 nitrogen and oxygen atoms in total. The topological polar surface area (TPSA) is 83.5 Å². The van der Waals surface area contributed by atoms with Crippen LogP contribution in [-0.4, -0.2) is 28.8 Å². The lowest BCUT2D eigenvalue weighted by Crippen LogP contribution is -2.39. The molecule has 0 aromatic heterocycles. The maximum atomic E-state index is 11.0. The highest BCUT2D eigenvalue weighted by Gasteiger charge is 2.17. The van der Waals surface area contributed by atoms with Crippen molar-refractivity contribution in [2.24, 2.45) is 0 Å². The molecule has 1 amide bonds. The van der Waals surface area contributed by atoms with E-state index in [1.165, 1.54) is 6.92 Å². The first-order valence-corrected chi connectivity index (χ1v) is 5.99. The van der Waals surface area contributed by atoms with Gasteiger partial charge in [-0.3, -0.25) is 9.59 Å². The number of carboxylic acid groups (broad SMARTS) is 1. The molecule has 0 bridgehead atoms. The second-order valence-electron chi connectivity index (χ2n) is 4.08. The summed E-state index contributed by atoms with van der Waals surface area (Å²) >= 11 is 0. The Morgan fingerprint density at radius 1 is 1.18 bits per heavy atom. The van der Waals surface area contributed by atoms with Gasteiger partial charge in [-0.2, -0.15) is 0 Å². The lowest BCUT2D eigenvalue weighted by Gasteiger charge is -2.12. The predicted molar refractivity (Wildman–Crippen MR) is 63.6 cm³/mol. The maximum Gasteiger partial charge on any atom is 0.326 e. The van der Waals surface area contributed by atoms with E-state index < -0.39 is 12.0 Å². The molecule has 0 saturated carbocycles. The number of Topliss-reactive ketones (excluding diaryl/α,β-unsaturated/α-hetero) is 1. The van der Waals surface area contributed by atoms with Crippen LogP contribution in [0.4, 0.5) is 0 Å². The minimum Gasteiger partial charge on any atom is -0.480 e. The summed E-state index contributed by atoms with van der Waals surface area (Å²) in [7, 11) is 0. The molecule has 2 N–H and O–H groups in total. The van der Waals surface area contributed by atoms with E-state index in [2.05, 4.69) is 5.32 Å². The second kappa shape index (κ2) is 8.73. The largest absolute Gasteiger partial charge is 0.480 e. The Labute approximate surface area is 102 Å². The zero-order valence-corrected chi connectivity index (χ0v) is 10.5. The van der Waals surface area contributed by atoms with Gasteiger partial charge in [-0.1, -0.05) is 19.8 Å². The van der Waals surface area contributed by atoms with Crippen LogP contribution in [0.1, 0.15) is 52.4 Å². The van der Waals surface area contributed by atoms with Crippen molar-refractivity contribution < 1.29 is 19.5 Å². The van der Waals surface area contributed by atoms with Gasteiger partial charge in [-0.15, -0.1) is 0 Å². The smallest absolute Gasteiger partial charge is 0.326 e. The summed E-state index contributed by atoms with van der Waals surface area (Å²) in [5, 5.41) is 11.2. The Bertz CT molecular complexity index is 276. The number of carbonyl (C=O) groups excluding carboxylic acids is 2. The predicted octanol–water partition coefficient (Wildman–Crippen LogP) is 1.51. The number of nitrogens with one attached hydrogen (secondary N) is 1. The Balaban J connectivity index is 3.72. The van der Waals surface area contributed by atoms with Gasteiger partial charge in [0.15, 0.2) is 0 Å². The number of hydrogen-bond acceptors (Lipinski definition) is 3. The highest BCUT2D eigenvalue weighted by Crippen LogP contribution is 2.07. The van der Waals surface area contributed by atoms with Crippen molar-refractivity contribution in [2.75, 3.05) is 0 Å². The summed E-state index contributed by atoms with van der Waals surface area (Å²) in [4.78, 5) is 32.6. The zero-order valence-electron chi connectivity index (χ0n) is 10.5. The standard InChI is InChI=1S/C12H21NO4/c1-3-10(15)7-5-4-6-8-11(12(16)17)13-9(2)14/h11H,3-8H2,1-2H3,(H,13,14)(H,16,17). The van der Waals surface area contributed by atoms with E-state index in [1.54, 1.807) is 0 Å².